The van der Waals surface area contributed by atoms with Crippen LogP contribution in [0.2, 0.25) is 0 Å². The van der Waals surface area contributed by atoms with Gasteiger partial charge in [0.05, 0.1) is 0 Å². The van der Waals surface area contributed by atoms with Gasteiger partial charge in [0.15, 0.2) is 0 Å². The average molecular weight is 223 g/mol. The Kier molecular flexibility index (Phi) is 13.0. The number of hydrogen-bond donors (Lipinski definition) is 1. The molecule has 16 heavy (non-hydrogen) atoms. The zero-order chi connectivity index (χ0) is 11.9. The summed E-state index contributed by atoms with van der Waals surface area (Å²) in [5.41, 5.74) is 0. The van der Waals surface area contributed by atoms with Gasteiger partial charge in [-0.2, -0.15) is 0 Å². The van der Waals surface area contributed by atoms with E-state index in [2.05, 4.69) is 24.4 Å². The fourth-order valence-electron chi connectivity index (χ4n) is 1.48. The van der Waals surface area contributed by atoms with Gasteiger partial charge in [-0.3, -0.25) is 4.79 Å². The molecule has 0 aliphatic heterocycles. The Morgan fingerprint density at radius 2 is 1.62 bits per heavy atom. The van der Waals surface area contributed by atoms with Gasteiger partial charge in [0, 0.05) is 6.54 Å². The number of hydrogen-bond acceptors (Lipinski definition) is 1. The fraction of sp³-hybridized carbons (Fsp3) is 0.643. The summed E-state index contributed by atoms with van der Waals surface area (Å²) in [5.74, 6) is 0. The zero-order valence-electron chi connectivity index (χ0n) is 10.5. The maximum absolute atomic E-state index is 9.92. The second kappa shape index (κ2) is 13.9. The third kappa shape index (κ3) is 12.9. The minimum Gasteiger partial charge on any atom is -0.355 e. The Labute approximate surface area is 99.8 Å². The third-order valence-electron chi connectivity index (χ3n) is 2.43. The van der Waals surface area contributed by atoms with Crippen LogP contribution in [0.1, 0.15) is 51.9 Å². The molecule has 0 saturated heterocycles. The molecule has 0 aliphatic rings. The van der Waals surface area contributed by atoms with Crippen LogP contribution in [0.5, 0.6) is 0 Å². The Bertz CT molecular complexity index is 197. The molecule has 0 saturated carbocycles. The Morgan fingerprint density at radius 3 is 2.38 bits per heavy atom. The summed E-state index contributed by atoms with van der Waals surface area (Å²) < 4.78 is 0. The van der Waals surface area contributed by atoms with E-state index < -0.39 is 0 Å². The molecule has 0 aromatic carbocycles. The Hall–Kier alpha value is -1.05. The van der Waals surface area contributed by atoms with Crippen LogP contribution in [-0.4, -0.2) is 13.0 Å². The van der Waals surface area contributed by atoms with E-state index in [4.69, 9.17) is 0 Å². The highest BCUT2D eigenvalue weighted by molar-refractivity contribution is 5.46. The van der Waals surface area contributed by atoms with E-state index in [-0.39, 0.29) is 0 Å². The van der Waals surface area contributed by atoms with E-state index >= 15 is 0 Å². The number of carbonyl (C=O) groups excluding carboxylic acids is 1. The largest absolute Gasteiger partial charge is 0.355 e. The summed E-state index contributed by atoms with van der Waals surface area (Å²) >= 11 is 0. The lowest BCUT2D eigenvalue weighted by Crippen LogP contribution is -2.08. The van der Waals surface area contributed by atoms with E-state index in [9.17, 15) is 4.79 Å². The maximum atomic E-state index is 9.92. The van der Waals surface area contributed by atoms with Crippen molar-refractivity contribution in [2.45, 2.75) is 51.9 Å². The molecule has 0 unspecified atom stereocenters. The standard InChI is InChI=1S/C14H25NO/c1-2-3-4-5-6-7-8-9-10-11-12-13-15-14-16/h9-12,14H,2-8,13H2,1H3,(H,15,16)/b10-9+,12-11+. The van der Waals surface area contributed by atoms with E-state index in [1.54, 1.807) is 0 Å². The molecule has 0 aromatic rings. The summed E-state index contributed by atoms with van der Waals surface area (Å²) in [6, 6.07) is 0. The van der Waals surface area contributed by atoms with Gasteiger partial charge in [0.25, 0.3) is 0 Å². The van der Waals surface area contributed by atoms with Gasteiger partial charge >= 0.3 is 0 Å². The van der Waals surface area contributed by atoms with Gasteiger partial charge < -0.3 is 5.32 Å². The first kappa shape index (κ1) is 14.9. The molecule has 0 aliphatic carbocycles. The third-order valence-corrected chi connectivity index (χ3v) is 2.43. The first-order valence-electron chi connectivity index (χ1n) is 6.40. The van der Waals surface area contributed by atoms with Crippen LogP contribution in [0.4, 0.5) is 0 Å². The fourth-order valence-corrected chi connectivity index (χ4v) is 1.48. The van der Waals surface area contributed by atoms with Crippen LogP contribution < -0.4 is 5.32 Å². The number of nitrogens with one attached hydrogen (secondary N) is 1. The van der Waals surface area contributed by atoms with Crippen molar-refractivity contribution in [2.75, 3.05) is 6.54 Å². The molecular weight excluding hydrogens is 198 g/mol. The molecule has 1 amide bonds. The molecule has 1 N–H and O–H groups in total. The van der Waals surface area contributed by atoms with Crippen molar-refractivity contribution >= 4 is 6.41 Å². The summed E-state index contributed by atoms with van der Waals surface area (Å²) in [6.45, 7) is 2.86. The van der Waals surface area contributed by atoms with Gasteiger partial charge in [-0.05, 0) is 12.8 Å². The van der Waals surface area contributed by atoms with Crippen molar-refractivity contribution in [3.8, 4) is 0 Å². The molecule has 2 heteroatoms. The van der Waals surface area contributed by atoms with Crippen LogP contribution in [0.15, 0.2) is 24.3 Å². The van der Waals surface area contributed by atoms with E-state index in [0.29, 0.717) is 13.0 Å². The van der Waals surface area contributed by atoms with Crippen molar-refractivity contribution in [1.29, 1.82) is 0 Å². The Balaban J connectivity index is 3.14. The van der Waals surface area contributed by atoms with Gasteiger partial charge in [0.1, 0.15) is 0 Å². The molecule has 2 nitrogen and oxygen atoms in total. The van der Waals surface area contributed by atoms with Gasteiger partial charge in [-0.25, -0.2) is 0 Å². The molecule has 0 aromatic heterocycles. The van der Waals surface area contributed by atoms with E-state index in [1.165, 1.54) is 38.5 Å². The van der Waals surface area contributed by atoms with Crippen molar-refractivity contribution in [2.24, 2.45) is 0 Å². The maximum Gasteiger partial charge on any atom is 0.207 e. The van der Waals surface area contributed by atoms with Crippen LogP contribution in [0.3, 0.4) is 0 Å². The number of rotatable bonds is 11. The molecule has 92 valence electrons. The lowest BCUT2D eigenvalue weighted by Gasteiger charge is -1.97. The molecule has 0 fully saturated rings. The highest BCUT2D eigenvalue weighted by Crippen LogP contribution is 2.06. The van der Waals surface area contributed by atoms with Crippen LogP contribution >= 0.6 is 0 Å². The molecule has 0 bridgehead atoms. The predicted molar refractivity (Wildman–Crippen MR) is 70.3 cm³/mol. The van der Waals surface area contributed by atoms with Crippen molar-refractivity contribution < 1.29 is 4.79 Å². The lowest BCUT2D eigenvalue weighted by molar-refractivity contribution is -0.109. The Morgan fingerprint density at radius 1 is 0.938 bits per heavy atom. The van der Waals surface area contributed by atoms with Gasteiger partial charge in [-0.15, -0.1) is 0 Å². The smallest absolute Gasteiger partial charge is 0.207 e. The molecule has 0 atom stereocenters. The molecule has 0 radical (unpaired) electrons. The molecule has 0 rings (SSSR count). The quantitative estimate of drug-likeness (QED) is 0.324. The van der Waals surface area contributed by atoms with E-state index in [0.717, 1.165) is 6.42 Å². The average Bonchev–Trinajstić information content (AvgIpc) is 2.31. The first-order valence-corrected chi connectivity index (χ1v) is 6.40. The highest BCUT2D eigenvalue weighted by atomic mass is 16.1. The SMILES string of the molecule is CCCCCCCC/C=C/C=C/CNC=O. The second-order valence-electron chi connectivity index (χ2n) is 3.94. The number of amides is 1. The van der Waals surface area contributed by atoms with Gasteiger partial charge in [-0.1, -0.05) is 63.3 Å². The number of unbranched alkanes of at least 4 members (excludes halogenated alkanes) is 6. The monoisotopic (exact) mass is 223 g/mol. The normalized spacial score (nSPS) is 11.3. The topological polar surface area (TPSA) is 29.1 Å². The van der Waals surface area contributed by atoms with Crippen LogP contribution in [-0.2, 0) is 4.79 Å². The van der Waals surface area contributed by atoms with Crippen molar-refractivity contribution in [3.05, 3.63) is 24.3 Å². The van der Waals surface area contributed by atoms with Crippen LogP contribution in [0, 0.1) is 0 Å². The molecule has 0 spiro atoms. The zero-order valence-corrected chi connectivity index (χ0v) is 10.5. The second-order valence-corrected chi connectivity index (χ2v) is 3.94. The van der Waals surface area contributed by atoms with Crippen molar-refractivity contribution in [3.63, 3.8) is 0 Å². The predicted octanol–water partition coefficient (Wildman–Crippen LogP) is 3.60. The summed E-state index contributed by atoms with van der Waals surface area (Å²) in [7, 11) is 0. The van der Waals surface area contributed by atoms with Crippen LogP contribution in [0.25, 0.3) is 0 Å². The molecular formula is C14H25NO. The lowest BCUT2D eigenvalue weighted by atomic mass is 10.1. The summed E-state index contributed by atoms with van der Waals surface area (Å²) in [6.07, 6.45) is 18.1. The molecule has 0 heterocycles. The summed E-state index contributed by atoms with van der Waals surface area (Å²) in [4.78, 5) is 9.92. The van der Waals surface area contributed by atoms with Gasteiger partial charge in [0.2, 0.25) is 6.41 Å². The number of allylic oxidation sites excluding steroid dienone is 3. The highest BCUT2D eigenvalue weighted by Gasteiger charge is 1.87. The number of carbonyl (C=O) groups is 1. The van der Waals surface area contributed by atoms with E-state index in [1.807, 2.05) is 12.2 Å². The first-order chi connectivity index (χ1) is 7.91. The minimum atomic E-state index is 0.616. The minimum absolute atomic E-state index is 0.616. The summed E-state index contributed by atoms with van der Waals surface area (Å²) in [5, 5.41) is 2.58. The van der Waals surface area contributed by atoms with Crippen molar-refractivity contribution in [1.82, 2.24) is 5.32 Å².